The third-order valence-corrected chi connectivity index (χ3v) is 6.91. The van der Waals surface area contributed by atoms with Crippen LogP contribution in [0.25, 0.3) is 0 Å². The molecule has 0 fully saturated rings. The molecule has 0 aliphatic rings. The molecule has 0 aliphatic carbocycles. The molecule has 0 bridgehead atoms. The Kier molecular flexibility index (Phi) is 9.95. The first-order chi connectivity index (χ1) is 18.4. The van der Waals surface area contributed by atoms with Crippen LogP contribution in [0.4, 0.5) is 0 Å². The monoisotopic (exact) mass is 558 g/mol. The highest BCUT2D eigenvalue weighted by Gasteiger charge is 2.39. The van der Waals surface area contributed by atoms with Crippen molar-refractivity contribution in [2.45, 2.75) is 66.6 Å². The van der Waals surface area contributed by atoms with Crippen molar-refractivity contribution >= 4 is 29.7 Å². The third kappa shape index (κ3) is 7.10. The van der Waals surface area contributed by atoms with E-state index in [0.29, 0.717) is 6.07 Å². The molecule has 11 nitrogen and oxygen atoms in total. The van der Waals surface area contributed by atoms with Crippen LogP contribution in [0.1, 0.15) is 113 Å². The zero-order valence-electron chi connectivity index (χ0n) is 23.7. The number of hydrogen-bond acceptors (Lipinski definition) is 9. The molecule has 0 saturated carbocycles. The normalized spacial score (nSPS) is 11.8. The second-order valence-corrected chi connectivity index (χ2v) is 10.8. The largest absolute Gasteiger partial charge is 0.478 e. The van der Waals surface area contributed by atoms with Crippen LogP contribution in [0, 0.1) is 11.8 Å². The number of carboxylic acids is 2. The number of hydrogen-bond donors (Lipinski definition) is 2. The number of ketones is 1. The van der Waals surface area contributed by atoms with E-state index in [1.54, 1.807) is 61.5 Å². The van der Waals surface area contributed by atoms with Crippen molar-refractivity contribution in [2.75, 3.05) is 0 Å². The number of carbonyl (C=O) groups excluding carboxylic acids is 3. The predicted octanol–water partition coefficient (Wildman–Crippen LogP) is 5.36. The Balaban J connectivity index is 2.90. The number of rotatable bonds is 12. The highest BCUT2D eigenvalue weighted by atomic mass is 17.2. The first-order valence-corrected chi connectivity index (χ1v) is 12.5. The van der Waals surface area contributed by atoms with Gasteiger partial charge in [0.15, 0.2) is 5.78 Å². The van der Waals surface area contributed by atoms with E-state index >= 15 is 0 Å². The van der Waals surface area contributed by atoms with E-state index in [4.69, 9.17) is 19.6 Å². The zero-order chi connectivity index (χ0) is 30.6. The maximum Gasteiger partial charge on any atom is 0.374 e. The molecule has 0 aromatic heterocycles. The van der Waals surface area contributed by atoms with E-state index in [0.717, 1.165) is 0 Å². The van der Waals surface area contributed by atoms with Gasteiger partial charge in [0.1, 0.15) is 11.2 Å². The van der Waals surface area contributed by atoms with Crippen molar-refractivity contribution in [2.24, 2.45) is 11.8 Å². The second kappa shape index (κ2) is 12.4. The van der Waals surface area contributed by atoms with Crippen molar-refractivity contribution in [3.05, 3.63) is 69.8 Å². The summed E-state index contributed by atoms with van der Waals surface area (Å²) in [6.45, 7) is 13.6. The molecular formula is C29H34O11. The van der Waals surface area contributed by atoms with Gasteiger partial charge in [-0.1, -0.05) is 58.0 Å². The lowest BCUT2D eigenvalue weighted by Gasteiger charge is -2.28. The molecule has 40 heavy (non-hydrogen) atoms. The lowest BCUT2D eigenvalue weighted by Crippen LogP contribution is -2.34. The molecule has 11 heteroatoms. The van der Waals surface area contributed by atoms with Gasteiger partial charge in [0, 0.05) is 11.1 Å². The predicted molar refractivity (Wildman–Crippen MR) is 141 cm³/mol. The first-order valence-electron chi connectivity index (χ1n) is 12.5. The van der Waals surface area contributed by atoms with Crippen molar-refractivity contribution in [3.63, 3.8) is 0 Å². The van der Waals surface area contributed by atoms with E-state index < -0.39 is 68.7 Å². The summed E-state index contributed by atoms with van der Waals surface area (Å²) >= 11 is 0. The van der Waals surface area contributed by atoms with Crippen LogP contribution in [-0.4, -0.2) is 51.1 Å². The molecule has 0 aliphatic heterocycles. The molecule has 0 amide bonds. The SMILES string of the molecule is CC(C)C(C)(C)OOC(=O)c1c(C(=O)c2ccccc2)cc(C(=O)O)c(C(=O)O)c1C(=O)OOC(C)(C)C(C)C. The van der Waals surface area contributed by atoms with E-state index in [-0.39, 0.29) is 17.4 Å². The molecule has 0 heterocycles. The molecule has 0 radical (unpaired) electrons. The van der Waals surface area contributed by atoms with Crippen LogP contribution in [0.5, 0.6) is 0 Å². The van der Waals surface area contributed by atoms with Crippen LogP contribution < -0.4 is 0 Å². The van der Waals surface area contributed by atoms with Gasteiger partial charge in [-0.2, -0.15) is 9.78 Å². The van der Waals surface area contributed by atoms with E-state index in [1.165, 1.54) is 24.3 Å². The Hall–Kier alpha value is -4.09. The highest BCUT2D eigenvalue weighted by molar-refractivity contribution is 6.22. The van der Waals surface area contributed by atoms with Gasteiger partial charge >= 0.3 is 23.9 Å². The minimum absolute atomic E-state index is 0.0240. The molecule has 0 unspecified atom stereocenters. The van der Waals surface area contributed by atoms with Gasteiger partial charge < -0.3 is 10.2 Å². The lowest BCUT2D eigenvalue weighted by molar-refractivity contribution is -0.318. The van der Waals surface area contributed by atoms with Gasteiger partial charge in [-0.25, -0.2) is 19.2 Å². The maximum atomic E-state index is 13.5. The molecular weight excluding hydrogens is 524 g/mol. The fraction of sp³-hybridized carbons (Fsp3) is 0.414. The van der Waals surface area contributed by atoms with Crippen molar-refractivity contribution in [1.29, 1.82) is 0 Å². The molecule has 2 aromatic rings. The Morgan fingerprint density at radius 3 is 1.50 bits per heavy atom. The summed E-state index contributed by atoms with van der Waals surface area (Å²) in [5.74, 6) is -7.80. The van der Waals surface area contributed by atoms with E-state index in [9.17, 15) is 34.2 Å². The topological polar surface area (TPSA) is 163 Å². The summed E-state index contributed by atoms with van der Waals surface area (Å²) in [6.07, 6.45) is 0. The van der Waals surface area contributed by atoms with Crippen LogP contribution in [0.3, 0.4) is 0 Å². The summed E-state index contributed by atoms with van der Waals surface area (Å²) in [5.41, 5.74) is -6.59. The van der Waals surface area contributed by atoms with Crippen molar-refractivity contribution < 1.29 is 53.7 Å². The molecule has 2 aromatic carbocycles. The molecule has 0 atom stereocenters. The molecule has 2 N–H and O–H groups in total. The summed E-state index contributed by atoms with van der Waals surface area (Å²) < 4.78 is 0. The Labute approximate surface area is 231 Å². The van der Waals surface area contributed by atoms with Crippen LogP contribution in [-0.2, 0) is 19.6 Å². The summed E-state index contributed by atoms with van der Waals surface area (Å²) in [4.78, 5) is 85.4. The fourth-order valence-corrected chi connectivity index (χ4v) is 2.98. The van der Waals surface area contributed by atoms with Gasteiger partial charge in [-0.3, -0.25) is 14.6 Å². The first kappa shape index (κ1) is 32.1. The zero-order valence-corrected chi connectivity index (χ0v) is 23.7. The number of carboxylic acid groups (broad SMARTS) is 2. The average molecular weight is 559 g/mol. The Bertz CT molecular complexity index is 1310. The smallest absolute Gasteiger partial charge is 0.374 e. The summed E-state index contributed by atoms with van der Waals surface area (Å²) in [5, 5.41) is 19.8. The van der Waals surface area contributed by atoms with Crippen LogP contribution in [0.2, 0.25) is 0 Å². The molecule has 2 rings (SSSR count). The fourth-order valence-electron chi connectivity index (χ4n) is 2.98. The van der Waals surface area contributed by atoms with E-state index in [2.05, 4.69) is 0 Å². The molecule has 0 saturated heterocycles. The minimum atomic E-state index is -1.87. The number of benzene rings is 2. The van der Waals surface area contributed by atoms with Gasteiger partial charge in [0.05, 0.1) is 22.3 Å². The maximum absolute atomic E-state index is 13.5. The number of carbonyl (C=O) groups is 5. The average Bonchev–Trinajstić information content (AvgIpc) is 2.88. The summed E-state index contributed by atoms with van der Waals surface area (Å²) in [7, 11) is 0. The standard InChI is InChI=1S/C29H34O11/c1-15(2)28(5,6)39-37-26(35)21-18(23(30)17-12-10-9-11-13-17)14-19(24(31)32)20(25(33)34)22(21)27(36)38-40-29(7,8)16(3)4/h9-16H,1-8H3,(H,31,32)(H,33,34). The van der Waals surface area contributed by atoms with Gasteiger partial charge in [-0.15, -0.1) is 0 Å². The van der Waals surface area contributed by atoms with E-state index in [1.807, 2.05) is 0 Å². The van der Waals surface area contributed by atoms with Crippen LogP contribution in [0.15, 0.2) is 36.4 Å². The lowest BCUT2D eigenvalue weighted by atomic mass is 9.88. The van der Waals surface area contributed by atoms with Crippen molar-refractivity contribution in [1.82, 2.24) is 0 Å². The van der Waals surface area contributed by atoms with Gasteiger partial charge in [-0.05, 0) is 45.6 Å². The highest BCUT2D eigenvalue weighted by Crippen LogP contribution is 2.31. The molecule has 216 valence electrons. The third-order valence-electron chi connectivity index (χ3n) is 6.91. The van der Waals surface area contributed by atoms with Crippen LogP contribution >= 0.6 is 0 Å². The minimum Gasteiger partial charge on any atom is -0.478 e. The second-order valence-electron chi connectivity index (χ2n) is 10.8. The molecule has 0 spiro atoms. The van der Waals surface area contributed by atoms with Crippen molar-refractivity contribution in [3.8, 4) is 0 Å². The number of aromatic carboxylic acids is 2. The van der Waals surface area contributed by atoms with Gasteiger partial charge in [0.25, 0.3) is 0 Å². The quantitative estimate of drug-likeness (QED) is 0.196. The Morgan fingerprint density at radius 1 is 0.650 bits per heavy atom. The summed E-state index contributed by atoms with van der Waals surface area (Å²) in [6, 6.07) is 8.18. The Morgan fingerprint density at radius 2 is 1.10 bits per heavy atom. The van der Waals surface area contributed by atoms with Gasteiger partial charge in [0.2, 0.25) is 0 Å².